The van der Waals surface area contributed by atoms with Crippen molar-refractivity contribution in [1.29, 1.82) is 0 Å². The predicted octanol–water partition coefficient (Wildman–Crippen LogP) is 8.11. The fraction of sp³-hybridized carbons (Fsp3) is 1.00. The van der Waals surface area contributed by atoms with E-state index in [9.17, 15) is 0 Å². The van der Waals surface area contributed by atoms with Gasteiger partial charge in [0, 0.05) is 0 Å². The molecule has 0 bridgehead atoms. The first-order valence-corrected chi connectivity index (χ1v) is 10.2. The van der Waals surface area contributed by atoms with E-state index in [-0.39, 0.29) is 0 Å². The summed E-state index contributed by atoms with van der Waals surface area (Å²) < 4.78 is 0. The molecule has 0 heterocycles. The first kappa shape index (κ1) is 21.0. The molecule has 23 heavy (non-hydrogen) atoms. The molecule has 2 atom stereocenters. The van der Waals surface area contributed by atoms with E-state index in [1.54, 1.807) is 0 Å². The predicted molar refractivity (Wildman–Crippen MR) is 106 cm³/mol. The molecule has 0 aromatic carbocycles. The lowest BCUT2D eigenvalue weighted by atomic mass is 9.57. The molecule has 0 spiro atoms. The second-order valence-electron chi connectivity index (χ2n) is 12.0. The van der Waals surface area contributed by atoms with Gasteiger partial charge in [-0.15, -0.1) is 0 Å². The van der Waals surface area contributed by atoms with E-state index in [2.05, 4.69) is 69.2 Å². The molecule has 0 saturated heterocycles. The molecule has 0 heteroatoms. The third kappa shape index (κ3) is 6.43. The van der Waals surface area contributed by atoms with Crippen LogP contribution in [0.15, 0.2) is 0 Å². The van der Waals surface area contributed by atoms with Gasteiger partial charge in [-0.25, -0.2) is 0 Å². The Bertz CT molecular complexity index is 364. The number of hydrogen-bond donors (Lipinski definition) is 0. The van der Waals surface area contributed by atoms with E-state index in [4.69, 9.17) is 0 Å². The maximum Gasteiger partial charge on any atom is -0.0321 e. The van der Waals surface area contributed by atoms with Crippen LogP contribution in [0.25, 0.3) is 0 Å². The average Bonchev–Trinajstić information content (AvgIpc) is 2.35. The van der Waals surface area contributed by atoms with Gasteiger partial charge in [-0.2, -0.15) is 0 Å². The van der Waals surface area contributed by atoms with Crippen molar-refractivity contribution in [2.45, 2.75) is 114 Å². The van der Waals surface area contributed by atoms with Crippen LogP contribution in [-0.4, -0.2) is 0 Å². The van der Waals surface area contributed by atoms with Crippen molar-refractivity contribution in [2.24, 2.45) is 33.5 Å². The van der Waals surface area contributed by atoms with Crippen LogP contribution in [0.2, 0.25) is 0 Å². The van der Waals surface area contributed by atoms with Gasteiger partial charge in [0.25, 0.3) is 0 Å². The van der Waals surface area contributed by atoms with E-state index in [1.807, 2.05) is 0 Å². The van der Waals surface area contributed by atoms with Crippen LogP contribution in [0, 0.1) is 33.5 Å². The Labute approximate surface area is 148 Å². The summed E-state index contributed by atoms with van der Waals surface area (Å²) in [6.07, 6.45) is 9.81. The highest BCUT2D eigenvalue weighted by molar-refractivity contribution is 4.92. The molecule has 1 fully saturated rings. The maximum absolute atomic E-state index is 2.55. The monoisotopic (exact) mass is 322 g/mol. The molecule has 138 valence electrons. The Morgan fingerprint density at radius 1 is 0.696 bits per heavy atom. The number of rotatable bonds is 6. The van der Waals surface area contributed by atoms with Gasteiger partial charge in [0.2, 0.25) is 0 Å². The van der Waals surface area contributed by atoms with Crippen molar-refractivity contribution < 1.29 is 0 Å². The zero-order valence-corrected chi connectivity index (χ0v) is 18.1. The lowest BCUT2D eigenvalue weighted by Gasteiger charge is -2.48. The Hall–Kier alpha value is 0. The van der Waals surface area contributed by atoms with Crippen LogP contribution in [0.5, 0.6) is 0 Å². The van der Waals surface area contributed by atoms with Crippen molar-refractivity contribution in [3.63, 3.8) is 0 Å². The minimum absolute atomic E-state index is 0.441. The summed E-state index contributed by atoms with van der Waals surface area (Å²) in [5.74, 6) is 1.82. The minimum Gasteiger partial charge on any atom is -0.0649 e. The summed E-state index contributed by atoms with van der Waals surface area (Å²) in [6.45, 7) is 24.7. The van der Waals surface area contributed by atoms with E-state index in [0.717, 1.165) is 11.8 Å². The Kier molecular flexibility index (Phi) is 6.48. The highest BCUT2D eigenvalue weighted by atomic mass is 14.5. The molecule has 1 aliphatic rings. The first-order chi connectivity index (χ1) is 10.2. The van der Waals surface area contributed by atoms with Crippen LogP contribution < -0.4 is 0 Å². The van der Waals surface area contributed by atoms with E-state index in [1.165, 1.54) is 44.9 Å². The highest BCUT2D eigenvalue weighted by Crippen LogP contribution is 2.52. The van der Waals surface area contributed by atoms with Crippen LogP contribution in [0.3, 0.4) is 0 Å². The van der Waals surface area contributed by atoms with Crippen molar-refractivity contribution >= 4 is 0 Å². The van der Waals surface area contributed by atoms with Gasteiger partial charge in [0.1, 0.15) is 0 Å². The molecular weight excluding hydrogens is 276 g/mol. The van der Waals surface area contributed by atoms with E-state index < -0.39 is 0 Å². The quantitative estimate of drug-likeness (QED) is 0.463. The van der Waals surface area contributed by atoms with Crippen molar-refractivity contribution in [1.82, 2.24) is 0 Å². The smallest absolute Gasteiger partial charge is 0.0321 e. The third-order valence-corrected chi connectivity index (χ3v) is 6.76. The molecule has 1 aliphatic carbocycles. The second-order valence-corrected chi connectivity index (χ2v) is 12.0. The van der Waals surface area contributed by atoms with E-state index >= 15 is 0 Å². The first-order valence-electron chi connectivity index (χ1n) is 10.2. The zero-order valence-electron chi connectivity index (χ0n) is 18.1. The summed E-state index contributed by atoms with van der Waals surface area (Å²) in [4.78, 5) is 0. The van der Waals surface area contributed by atoms with Crippen LogP contribution in [0.1, 0.15) is 114 Å². The molecule has 0 amide bonds. The molecule has 2 unspecified atom stereocenters. The van der Waals surface area contributed by atoms with Crippen molar-refractivity contribution in [2.75, 3.05) is 0 Å². The SMILES string of the molecule is CCC(C)(C)CC(C)(C)C1CCCC(C(C)(C)CC(C)(C)C)C1. The molecule has 0 radical (unpaired) electrons. The van der Waals surface area contributed by atoms with E-state index in [0.29, 0.717) is 21.7 Å². The number of hydrogen-bond acceptors (Lipinski definition) is 0. The topological polar surface area (TPSA) is 0 Å². The molecular formula is C23H46. The van der Waals surface area contributed by atoms with Crippen molar-refractivity contribution in [3.05, 3.63) is 0 Å². The van der Waals surface area contributed by atoms with Gasteiger partial charge in [-0.3, -0.25) is 0 Å². The van der Waals surface area contributed by atoms with Crippen LogP contribution in [-0.2, 0) is 0 Å². The lowest BCUT2D eigenvalue weighted by Crippen LogP contribution is -2.38. The highest BCUT2D eigenvalue weighted by Gasteiger charge is 2.42. The van der Waals surface area contributed by atoms with Gasteiger partial charge in [-0.05, 0) is 65.6 Å². The van der Waals surface area contributed by atoms with Gasteiger partial charge >= 0.3 is 0 Å². The van der Waals surface area contributed by atoms with Crippen LogP contribution >= 0.6 is 0 Å². The minimum atomic E-state index is 0.441. The summed E-state index contributed by atoms with van der Waals surface area (Å²) >= 11 is 0. The molecule has 0 aromatic heterocycles. The van der Waals surface area contributed by atoms with Gasteiger partial charge in [0.05, 0.1) is 0 Å². The van der Waals surface area contributed by atoms with Gasteiger partial charge < -0.3 is 0 Å². The van der Waals surface area contributed by atoms with Gasteiger partial charge in [0.15, 0.2) is 0 Å². The zero-order chi connectivity index (χ0) is 18.1. The van der Waals surface area contributed by atoms with Gasteiger partial charge in [-0.1, -0.05) is 82.1 Å². The fourth-order valence-corrected chi connectivity index (χ4v) is 5.62. The summed E-state index contributed by atoms with van der Waals surface area (Å²) in [5, 5.41) is 0. The third-order valence-electron chi connectivity index (χ3n) is 6.76. The van der Waals surface area contributed by atoms with Crippen LogP contribution in [0.4, 0.5) is 0 Å². The fourth-order valence-electron chi connectivity index (χ4n) is 5.62. The molecule has 1 saturated carbocycles. The van der Waals surface area contributed by atoms with Crippen molar-refractivity contribution in [3.8, 4) is 0 Å². The Morgan fingerprint density at radius 3 is 1.52 bits per heavy atom. The summed E-state index contributed by atoms with van der Waals surface area (Å²) in [6, 6.07) is 0. The second kappa shape index (κ2) is 7.09. The summed E-state index contributed by atoms with van der Waals surface area (Å²) in [5.41, 5.74) is 1.89. The molecule has 1 rings (SSSR count). The Balaban J connectivity index is 2.81. The average molecular weight is 323 g/mol. The molecule has 0 nitrogen and oxygen atoms in total. The standard InChI is InChI=1S/C23H46/c1-11-21(5,6)17-23(9,10)19-14-12-13-18(15-19)22(7,8)16-20(2,3)4/h18-19H,11-17H2,1-10H3. The lowest BCUT2D eigenvalue weighted by molar-refractivity contribution is 0.0224. The maximum atomic E-state index is 2.55. The normalized spacial score (nSPS) is 24.8. The summed E-state index contributed by atoms with van der Waals surface area (Å²) in [7, 11) is 0. The molecule has 0 aromatic rings. The molecule has 0 N–H and O–H groups in total. The molecule has 0 aliphatic heterocycles. The Morgan fingerprint density at radius 2 is 1.13 bits per heavy atom. The largest absolute Gasteiger partial charge is 0.0649 e.